The van der Waals surface area contributed by atoms with Crippen LogP contribution in [0.2, 0.25) is 10.0 Å². The highest BCUT2D eigenvalue weighted by Crippen LogP contribution is 2.26. The molecule has 0 radical (unpaired) electrons. The Morgan fingerprint density at radius 1 is 1.17 bits per heavy atom. The standard InChI is InChI=1S/C16H13Cl2FN2O2/c1-21(16(23)12-6-3-7-13(17)15(12)18)9-14(22)20-11-5-2-4-10(19)8-11/h2-8H,9H2,1H3,(H,20,22). The second-order valence-electron chi connectivity index (χ2n) is 4.82. The van der Waals surface area contributed by atoms with Crippen LogP contribution in [0.3, 0.4) is 0 Å². The van der Waals surface area contributed by atoms with E-state index in [1.807, 2.05) is 0 Å². The second kappa shape index (κ2) is 7.44. The lowest BCUT2D eigenvalue weighted by Gasteiger charge is -2.18. The number of nitrogens with one attached hydrogen (secondary N) is 1. The number of carbonyl (C=O) groups excluding carboxylic acids is 2. The minimum absolute atomic E-state index is 0.136. The van der Waals surface area contributed by atoms with E-state index < -0.39 is 17.6 Å². The van der Waals surface area contributed by atoms with Crippen LogP contribution in [0.5, 0.6) is 0 Å². The van der Waals surface area contributed by atoms with Crippen LogP contribution < -0.4 is 5.32 Å². The number of halogens is 3. The van der Waals surface area contributed by atoms with Crippen molar-refractivity contribution < 1.29 is 14.0 Å². The lowest BCUT2D eigenvalue weighted by Crippen LogP contribution is -2.35. The number of carbonyl (C=O) groups is 2. The van der Waals surface area contributed by atoms with Gasteiger partial charge in [0.2, 0.25) is 5.91 Å². The zero-order valence-corrected chi connectivity index (χ0v) is 13.7. The summed E-state index contributed by atoms with van der Waals surface area (Å²) in [6, 6.07) is 10.2. The summed E-state index contributed by atoms with van der Waals surface area (Å²) < 4.78 is 13.1. The maximum Gasteiger partial charge on any atom is 0.255 e. The van der Waals surface area contributed by atoms with Gasteiger partial charge in [-0.2, -0.15) is 0 Å². The topological polar surface area (TPSA) is 49.4 Å². The molecule has 23 heavy (non-hydrogen) atoms. The van der Waals surface area contributed by atoms with E-state index in [0.29, 0.717) is 5.69 Å². The Bertz CT molecular complexity index is 753. The first-order valence-corrected chi connectivity index (χ1v) is 7.39. The molecular weight excluding hydrogens is 342 g/mol. The number of benzene rings is 2. The van der Waals surface area contributed by atoms with Gasteiger partial charge in [0.15, 0.2) is 0 Å². The quantitative estimate of drug-likeness (QED) is 0.906. The molecule has 4 nitrogen and oxygen atoms in total. The first-order chi connectivity index (χ1) is 10.9. The fraction of sp³-hybridized carbons (Fsp3) is 0.125. The summed E-state index contributed by atoms with van der Waals surface area (Å²) in [6.45, 7) is -0.210. The number of rotatable bonds is 4. The van der Waals surface area contributed by atoms with Crippen molar-refractivity contribution in [1.82, 2.24) is 4.90 Å². The molecule has 0 aliphatic heterocycles. The molecule has 0 aliphatic carbocycles. The average Bonchev–Trinajstić information content (AvgIpc) is 2.49. The molecule has 0 fully saturated rings. The highest BCUT2D eigenvalue weighted by Gasteiger charge is 2.18. The van der Waals surface area contributed by atoms with E-state index >= 15 is 0 Å². The summed E-state index contributed by atoms with van der Waals surface area (Å²) in [6.07, 6.45) is 0. The van der Waals surface area contributed by atoms with Gasteiger partial charge in [-0.3, -0.25) is 9.59 Å². The van der Waals surface area contributed by atoms with E-state index in [9.17, 15) is 14.0 Å². The van der Waals surface area contributed by atoms with E-state index in [-0.39, 0.29) is 22.2 Å². The third kappa shape index (κ3) is 4.43. The van der Waals surface area contributed by atoms with Gasteiger partial charge in [-0.05, 0) is 30.3 Å². The van der Waals surface area contributed by atoms with Crippen molar-refractivity contribution >= 4 is 40.7 Å². The lowest BCUT2D eigenvalue weighted by molar-refractivity contribution is -0.116. The van der Waals surface area contributed by atoms with Gasteiger partial charge >= 0.3 is 0 Å². The second-order valence-corrected chi connectivity index (χ2v) is 5.61. The number of nitrogens with zero attached hydrogens (tertiary/aromatic N) is 1. The number of hydrogen-bond donors (Lipinski definition) is 1. The van der Waals surface area contributed by atoms with E-state index in [2.05, 4.69) is 5.32 Å². The van der Waals surface area contributed by atoms with Gasteiger partial charge in [0.25, 0.3) is 5.91 Å². The molecule has 0 atom stereocenters. The van der Waals surface area contributed by atoms with Crippen molar-refractivity contribution in [2.75, 3.05) is 18.9 Å². The predicted octanol–water partition coefficient (Wildman–Crippen LogP) is 3.84. The van der Waals surface area contributed by atoms with Crippen LogP contribution in [-0.2, 0) is 4.79 Å². The van der Waals surface area contributed by atoms with E-state index in [1.165, 1.54) is 36.2 Å². The lowest BCUT2D eigenvalue weighted by atomic mass is 10.2. The molecule has 120 valence electrons. The molecule has 0 unspecified atom stereocenters. The molecule has 0 saturated heterocycles. The van der Waals surface area contributed by atoms with E-state index in [4.69, 9.17) is 23.2 Å². The fourth-order valence-corrected chi connectivity index (χ4v) is 2.31. The highest BCUT2D eigenvalue weighted by molar-refractivity contribution is 6.43. The van der Waals surface area contributed by atoms with Crippen LogP contribution in [0.15, 0.2) is 42.5 Å². The van der Waals surface area contributed by atoms with Gasteiger partial charge < -0.3 is 10.2 Å². The van der Waals surface area contributed by atoms with Crippen molar-refractivity contribution in [2.24, 2.45) is 0 Å². The maximum absolute atomic E-state index is 13.1. The molecule has 0 aliphatic rings. The van der Waals surface area contributed by atoms with Crippen molar-refractivity contribution in [2.45, 2.75) is 0 Å². The number of anilines is 1. The molecule has 2 aromatic rings. The fourth-order valence-electron chi connectivity index (χ4n) is 1.93. The molecule has 0 aromatic heterocycles. The molecule has 1 N–H and O–H groups in total. The maximum atomic E-state index is 13.1. The third-order valence-electron chi connectivity index (χ3n) is 3.02. The molecule has 7 heteroatoms. The van der Waals surface area contributed by atoms with Gasteiger partial charge in [0, 0.05) is 12.7 Å². The van der Waals surface area contributed by atoms with Crippen molar-refractivity contribution in [3.63, 3.8) is 0 Å². The summed E-state index contributed by atoms with van der Waals surface area (Å²) in [5.41, 5.74) is 0.525. The number of likely N-dealkylation sites (N-methyl/N-ethyl adjacent to an activating group) is 1. The molecule has 2 rings (SSSR count). The monoisotopic (exact) mass is 354 g/mol. The number of hydrogen-bond acceptors (Lipinski definition) is 2. The van der Waals surface area contributed by atoms with Crippen LogP contribution >= 0.6 is 23.2 Å². The zero-order chi connectivity index (χ0) is 17.0. The summed E-state index contributed by atoms with van der Waals surface area (Å²) in [7, 11) is 1.46. The number of amides is 2. The average molecular weight is 355 g/mol. The van der Waals surface area contributed by atoms with Crippen molar-refractivity contribution in [3.05, 3.63) is 63.9 Å². The summed E-state index contributed by atoms with van der Waals surface area (Å²) in [5, 5.41) is 2.91. The van der Waals surface area contributed by atoms with Crippen molar-refractivity contribution in [3.8, 4) is 0 Å². The van der Waals surface area contributed by atoms with Crippen molar-refractivity contribution in [1.29, 1.82) is 0 Å². The van der Waals surface area contributed by atoms with Crippen LogP contribution in [0, 0.1) is 5.82 Å². The largest absolute Gasteiger partial charge is 0.332 e. The van der Waals surface area contributed by atoms with Gasteiger partial charge in [-0.1, -0.05) is 35.3 Å². The molecule has 0 bridgehead atoms. The molecule has 2 aromatic carbocycles. The third-order valence-corrected chi connectivity index (χ3v) is 3.84. The Hall–Kier alpha value is -2.11. The van der Waals surface area contributed by atoms with E-state index in [1.54, 1.807) is 18.2 Å². The Morgan fingerprint density at radius 2 is 1.87 bits per heavy atom. The van der Waals surface area contributed by atoms with Gasteiger partial charge in [-0.25, -0.2) is 4.39 Å². The van der Waals surface area contributed by atoms with Crippen LogP contribution in [0.25, 0.3) is 0 Å². The summed E-state index contributed by atoms with van der Waals surface area (Å²) in [4.78, 5) is 25.4. The summed E-state index contributed by atoms with van der Waals surface area (Å²) in [5.74, 6) is -1.35. The van der Waals surface area contributed by atoms with Gasteiger partial charge in [0.05, 0.1) is 22.2 Å². The van der Waals surface area contributed by atoms with Crippen LogP contribution in [-0.4, -0.2) is 30.3 Å². The Balaban J connectivity index is 2.03. The first kappa shape index (κ1) is 17.2. The molecule has 0 heterocycles. The Labute approximate surface area is 142 Å². The highest BCUT2D eigenvalue weighted by atomic mass is 35.5. The zero-order valence-electron chi connectivity index (χ0n) is 12.1. The van der Waals surface area contributed by atoms with Crippen LogP contribution in [0.1, 0.15) is 10.4 Å². The van der Waals surface area contributed by atoms with Gasteiger partial charge in [0.1, 0.15) is 5.82 Å². The SMILES string of the molecule is CN(CC(=O)Nc1cccc(F)c1)C(=O)c1cccc(Cl)c1Cl. The summed E-state index contributed by atoms with van der Waals surface area (Å²) >= 11 is 11.9. The predicted molar refractivity (Wildman–Crippen MR) is 88.5 cm³/mol. The molecule has 0 saturated carbocycles. The first-order valence-electron chi connectivity index (χ1n) is 6.63. The molecule has 0 spiro atoms. The molecule has 2 amide bonds. The Kier molecular flexibility index (Phi) is 5.58. The minimum Gasteiger partial charge on any atom is -0.332 e. The van der Waals surface area contributed by atoms with E-state index in [0.717, 1.165) is 0 Å². The smallest absolute Gasteiger partial charge is 0.255 e. The minimum atomic E-state index is -0.460. The van der Waals surface area contributed by atoms with Crippen LogP contribution in [0.4, 0.5) is 10.1 Å². The van der Waals surface area contributed by atoms with Gasteiger partial charge in [-0.15, -0.1) is 0 Å². The molecular formula is C16H13Cl2FN2O2. The Morgan fingerprint density at radius 3 is 2.57 bits per heavy atom. The normalized spacial score (nSPS) is 10.3.